The normalized spacial score (nSPS) is 11.2. The largest absolute Gasteiger partial charge is 0.481 e. The van der Waals surface area contributed by atoms with Crippen molar-refractivity contribution < 1.29 is 14.7 Å². The SMILES string of the molecule is C#CCCCNC(=O)Nc1ccc(C(C)CC(=O)O)cc1. The van der Waals surface area contributed by atoms with E-state index in [4.69, 9.17) is 11.5 Å². The Hall–Kier alpha value is -2.48. The Morgan fingerprint density at radius 1 is 1.33 bits per heavy atom. The summed E-state index contributed by atoms with van der Waals surface area (Å²) in [5, 5.41) is 14.2. The van der Waals surface area contributed by atoms with Crippen LogP contribution in [-0.2, 0) is 4.79 Å². The average Bonchev–Trinajstić information content (AvgIpc) is 2.43. The highest BCUT2D eigenvalue weighted by Crippen LogP contribution is 2.20. The molecule has 0 fully saturated rings. The standard InChI is InChI=1S/C16H20N2O3/c1-3-4-5-10-17-16(21)18-14-8-6-13(7-9-14)12(2)11-15(19)20/h1,6-9,12H,4-5,10-11H2,2H3,(H,19,20)(H2,17,18,21). The zero-order chi connectivity index (χ0) is 15.7. The number of benzene rings is 1. The zero-order valence-corrected chi connectivity index (χ0v) is 12.1. The van der Waals surface area contributed by atoms with Crippen LogP contribution in [-0.4, -0.2) is 23.7 Å². The lowest BCUT2D eigenvalue weighted by molar-refractivity contribution is -0.137. The number of terminal acetylenes is 1. The van der Waals surface area contributed by atoms with Crippen molar-refractivity contribution in [1.29, 1.82) is 0 Å². The van der Waals surface area contributed by atoms with E-state index in [2.05, 4.69) is 16.6 Å². The number of unbranched alkanes of at least 4 members (excludes halogenated alkanes) is 1. The molecule has 0 aliphatic rings. The van der Waals surface area contributed by atoms with Gasteiger partial charge in [-0.3, -0.25) is 4.79 Å². The number of hydrogen-bond acceptors (Lipinski definition) is 2. The van der Waals surface area contributed by atoms with Crippen molar-refractivity contribution in [3.63, 3.8) is 0 Å². The van der Waals surface area contributed by atoms with Crippen molar-refractivity contribution in [2.24, 2.45) is 0 Å². The first kappa shape index (κ1) is 16.6. The summed E-state index contributed by atoms with van der Waals surface area (Å²) in [5.41, 5.74) is 1.59. The molecule has 21 heavy (non-hydrogen) atoms. The predicted molar refractivity (Wildman–Crippen MR) is 82.2 cm³/mol. The first-order valence-corrected chi connectivity index (χ1v) is 6.83. The highest BCUT2D eigenvalue weighted by atomic mass is 16.4. The van der Waals surface area contributed by atoms with E-state index in [1.54, 1.807) is 12.1 Å². The van der Waals surface area contributed by atoms with Crippen LogP contribution >= 0.6 is 0 Å². The molecule has 1 atom stereocenters. The van der Waals surface area contributed by atoms with Gasteiger partial charge in [0.1, 0.15) is 0 Å². The highest BCUT2D eigenvalue weighted by Gasteiger charge is 2.10. The quantitative estimate of drug-likeness (QED) is 0.533. The third-order valence-electron chi connectivity index (χ3n) is 3.00. The second-order valence-corrected chi connectivity index (χ2v) is 4.81. The van der Waals surface area contributed by atoms with E-state index in [9.17, 15) is 9.59 Å². The number of carbonyl (C=O) groups excluding carboxylic acids is 1. The smallest absolute Gasteiger partial charge is 0.319 e. The molecule has 5 nitrogen and oxygen atoms in total. The van der Waals surface area contributed by atoms with Gasteiger partial charge in [0.25, 0.3) is 0 Å². The van der Waals surface area contributed by atoms with Crippen molar-refractivity contribution in [2.45, 2.75) is 32.1 Å². The summed E-state index contributed by atoms with van der Waals surface area (Å²) in [5.74, 6) is 1.62. The Kier molecular flexibility index (Phi) is 6.82. The summed E-state index contributed by atoms with van der Waals surface area (Å²) in [6.45, 7) is 2.39. The molecule has 0 aliphatic heterocycles. The molecule has 0 aromatic heterocycles. The van der Waals surface area contributed by atoms with Crippen LogP contribution in [0.15, 0.2) is 24.3 Å². The van der Waals surface area contributed by atoms with E-state index >= 15 is 0 Å². The molecule has 2 amide bonds. The van der Waals surface area contributed by atoms with E-state index < -0.39 is 5.97 Å². The molecule has 5 heteroatoms. The minimum absolute atomic E-state index is 0.0610. The second kappa shape index (κ2) is 8.64. The summed E-state index contributed by atoms with van der Waals surface area (Å²) >= 11 is 0. The van der Waals surface area contributed by atoms with Crippen molar-refractivity contribution in [1.82, 2.24) is 5.32 Å². The number of aliphatic carboxylic acids is 1. The van der Waals surface area contributed by atoms with Crippen LogP contribution < -0.4 is 10.6 Å². The van der Waals surface area contributed by atoms with Gasteiger partial charge in [-0.15, -0.1) is 12.3 Å². The van der Waals surface area contributed by atoms with Gasteiger partial charge in [0.05, 0.1) is 6.42 Å². The minimum atomic E-state index is -0.823. The minimum Gasteiger partial charge on any atom is -0.481 e. The zero-order valence-electron chi connectivity index (χ0n) is 12.1. The molecule has 112 valence electrons. The van der Waals surface area contributed by atoms with Crippen LogP contribution in [0, 0.1) is 12.3 Å². The number of carboxylic acids is 1. The summed E-state index contributed by atoms with van der Waals surface area (Å²) in [6, 6.07) is 6.88. The third-order valence-corrected chi connectivity index (χ3v) is 3.00. The fourth-order valence-corrected chi connectivity index (χ4v) is 1.84. The maximum absolute atomic E-state index is 11.6. The Morgan fingerprint density at radius 2 is 2.00 bits per heavy atom. The molecule has 1 aromatic rings. The van der Waals surface area contributed by atoms with E-state index in [-0.39, 0.29) is 18.4 Å². The fraction of sp³-hybridized carbons (Fsp3) is 0.375. The van der Waals surface area contributed by atoms with Gasteiger partial charge in [-0.2, -0.15) is 0 Å². The van der Waals surface area contributed by atoms with Gasteiger partial charge in [-0.1, -0.05) is 19.1 Å². The topological polar surface area (TPSA) is 78.4 Å². The van der Waals surface area contributed by atoms with Crippen molar-refractivity contribution in [3.05, 3.63) is 29.8 Å². The highest BCUT2D eigenvalue weighted by molar-refractivity contribution is 5.89. The molecule has 1 aromatic carbocycles. The van der Waals surface area contributed by atoms with E-state index in [0.29, 0.717) is 18.7 Å². The van der Waals surface area contributed by atoms with E-state index in [0.717, 1.165) is 12.0 Å². The number of urea groups is 1. The first-order valence-electron chi connectivity index (χ1n) is 6.83. The van der Waals surface area contributed by atoms with Gasteiger partial charge in [0.15, 0.2) is 0 Å². The number of nitrogens with one attached hydrogen (secondary N) is 2. The predicted octanol–water partition coefficient (Wildman–Crippen LogP) is 2.80. The van der Waals surface area contributed by atoms with E-state index in [1.807, 2.05) is 19.1 Å². The van der Waals surface area contributed by atoms with Crippen LogP contribution in [0.2, 0.25) is 0 Å². The number of carboxylic acid groups (broad SMARTS) is 1. The Morgan fingerprint density at radius 3 is 2.57 bits per heavy atom. The summed E-state index contributed by atoms with van der Waals surface area (Å²) in [4.78, 5) is 22.3. The lowest BCUT2D eigenvalue weighted by atomic mass is 9.98. The van der Waals surface area contributed by atoms with Crippen molar-refractivity contribution in [3.8, 4) is 12.3 Å². The van der Waals surface area contributed by atoms with Crippen LogP contribution in [0.1, 0.15) is 37.7 Å². The first-order chi connectivity index (χ1) is 10.0. The van der Waals surface area contributed by atoms with Gasteiger partial charge in [-0.05, 0) is 30.0 Å². The summed E-state index contributed by atoms with van der Waals surface area (Å²) in [7, 11) is 0. The molecule has 0 heterocycles. The lowest BCUT2D eigenvalue weighted by Gasteiger charge is -2.11. The average molecular weight is 288 g/mol. The molecular formula is C16H20N2O3. The van der Waals surface area contributed by atoms with E-state index in [1.165, 1.54) is 0 Å². The maximum Gasteiger partial charge on any atom is 0.319 e. The molecule has 0 saturated carbocycles. The Balaban J connectivity index is 2.45. The van der Waals surface area contributed by atoms with Crippen molar-refractivity contribution in [2.75, 3.05) is 11.9 Å². The third kappa shape index (κ3) is 6.48. The number of amides is 2. The number of carbonyl (C=O) groups is 2. The van der Waals surface area contributed by atoms with Gasteiger partial charge in [0, 0.05) is 18.7 Å². The second-order valence-electron chi connectivity index (χ2n) is 4.81. The lowest BCUT2D eigenvalue weighted by Crippen LogP contribution is -2.29. The maximum atomic E-state index is 11.6. The molecule has 0 radical (unpaired) electrons. The molecular weight excluding hydrogens is 268 g/mol. The van der Waals surface area contributed by atoms with Crippen LogP contribution in [0.4, 0.5) is 10.5 Å². The number of hydrogen-bond donors (Lipinski definition) is 3. The van der Waals surface area contributed by atoms with Gasteiger partial charge < -0.3 is 15.7 Å². The Labute approximate surface area is 124 Å². The van der Waals surface area contributed by atoms with Gasteiger partial charge in [-0.25, -0.2) is 4.79 Å². The summed E-state index contributed by atoms with van der Waals surface area (Å²) in [6.07, 6.45) is 6.59. The Bertz CT molecular complexity index is 517. The monoisotopic (exact) mass is 288 g/mol. The number of anilines is 1. The molecule has 0 bridgehead atoms. The van der Waals surface area contributed by atoms with Crippen molar-refractivity contribution >= 4 is 17.7 Å². The molecule has 1 rings (SSSR count). The molecule has 0 aliphatic carbocycles. The summed E-state index contributed by atoms with van der Waals surface area (Å²) < 4.78 is 0. The fourth-order valence-electron chi connectivity index (χ4n) is 1.84. The van der Waals surface area contributed by atoms with Crippen LogP contribution in [0.5, 0.6) is 0 Å². The molecule has 1 unspecified atom stereocenters. The van der Waals surface area contributed by atoms with Crippen LogP contribution in [0.3, 0.4) is 0 Å². The van der Waals surface area contributed by atoms with Crippen LogP contribution in [0.25, 0.3) is 0 Å². The molecule has 0 spiro atoms. The van der Waals surface area contributed by atoms with Gasteiger partial charge >= 0.3 is 12.0 Å². The molecule has 0 saturated heterocycles. The number of rotatable bonds is 7. The van der Waals surface area contributed by atoms with Gasteiger partial charge in [0.2, 0.25) is 0 Å². The molecule has 3 N–H and O–H groups in total.